The monoisotopic (exact) mass is 220 g/mol. The molecule has 0 fully saturated rings. The van der Waals surface area contributed by atoms with Gasteiger partial charge in [0.15, 0.2) is 5.65 Å². The van der Waals surface area contributed by atoms with Crippen LogP contribution in [0.25, 0.3) is 5.65 Å². The number of alkyl halides is 3. The Morgan fingerprint density at radius 3 is 2.71 bits per heavy atom. The van der Waals surface area contributed by atoms with E-state index in [1.807, 2.05) is 0 Å². The maximum atomic E-state index is 12.3. The van der Waals surface area contributed by atoms with Gasteiger partial charge < -0.3 is 4.40 Å². The van der Waals surface area contributed by atoms with Crippen molar-refractivity contribution in [2.75, 3.05) is 0 Å². The first-order valence-electron chi connectivity index (χ1n) is 3.68. The first-order valence-corrected chi connectivity index (χ1v) is 4.06. The highest BCUT2D eigenvalue weighted by Crippen LogP contribution is 2.31. The van der Waals surface area contributed by atoms with Crippen LogP contribution in [-0.4, -0.2) is 9.38 Å². The van der Waals surface area contributed by atoms with Crippen molar-refractivity contribution >= 4 is 17.2 Å². The zero-order valence-electron chi connectivity index (χ0n) is 6.72. The summed E-state index contributed by atoms with van der Waals surface area (Å²) < 4.78 is 38.2. The molecule has 0 saturated heterocycles. The van der Waals surface area contributed by atoms with Gasteiger partial charge in [-0.2, -0.15) is 13.2 Å². The SMILES string of the molecule is FC(F)(F)c1cc(Cl)c2nccn2c1. The third kappa shape index (κ3) is 1.43. The van der Waals surface area contributed by atoms with Crippen LogP contribution in [0.4, 0.5) is 13.2 Å². The summed E-state index contributed by atoms with van der Waals surface area (Å²) in [5, 5.41) is -0.00942. The number of fused-ring (bicyclic) bond motifs is 1. The predicted octanol–water partition coefficient (Wildman–Crippen LogP) is 3.01. The standard InChI is InChI=1S/C8H4ClF3N2/c9-6-3-5(8(10,11)12)4-14-2-1-13-7(6)14/h1-4H. The molecule has 0 aliphatic carbocycles. The molecule has 0 spiro atoms. The molecule has 0 aromatic carbocycles. The van der Waals surface area contributed by atoms with Gasteiger partial charge in [-0.05, 0) is 6.07 Å². The van der Waals surface area contributed by atoms with Crippen molar-refractivity contribution in [3.05, 3.63) is 35.2 Å². The Kier molecular flexibility index (Phi) is 1.92. The molecule has 2 rings (SSSR count). The third-order valence-corrected chi connectivity index (χ3v) is 2.05. The molecule has 0 N–H and O–H groups in total. The van der Waals surface area contributed by atoms with Crippen molar-refractivity contribution in [1.29, 1.82) is 0 Å². The molecule has 0 amide bonds. The van der Waals surface area contributed by atoms with E-state index in [9.17, 15) is 13.2 Å². The molecule has 2 aromatic rings. The highest BCUT2D eigenvalue weighted by atomic mass is 35.5. The van der Waals surface area contributed by atoms with Crippen LogP contribution in [-0.2, 0) is 6.18 Å². The zero-order chi connectivity index (χ0) is 10.3. The minimum absolute atomic E-state index is 0.00942. The lowest BCUT2D eigenvalue weighted by molar-refractivity contribution is -0.137. The van der Waals surface area contributed by atoms with Crippen LogP contribution in [0.2, 0.25) is 5.02 Å². The highest BCUT2D eigenvalue weighted by Gasteiger charge is 2.31. The van der Waals surface area contributed by atoms with Crippen LogP contribution in [0.3, 0.4) is 0 Å². The van der Waals surface area contributed by atoms with Crippen LogP contribution in [0.1, 0.15) is 5.56 Å². The van der Waals surface area contributed by atoms with Gasteiger partial charge >= 0.3 is 6.18 Å². The number of pyridine rings is 1. The molecular formula is C8H4ClF3N2. The summed E-state index contributed by atoms with van der Waals surface area (Å²) >= 11 is 5.63. The number of hydrogen-bond donors (Lipinski definition) is 0. The fourth-order valence-electron chi connectivity index (χ4n) is 1.15. The fourth-order valence-corrected chi connectivity index (χ4v) is 1.41. The molecule has 14 heavy (non-hydrogen) atoms. The normalized spacial score (nSPS) is 12.3. The summed E-state index contributed by atoms with van der Waals surface area (Å²) in [6.45, 7) is 0. The molecule has 74 valence electrons. The van der Waals surface area contributed by atoms with Crippen molar-refractivity contribution in [3.8, 4) is 0 Å². The summed E-state index contributed by atoms with van der Waals surface area (Å²) in [5.41, 5.74) is -0.465. The van der Waals surface area contributed by atoms with Crippen molar-refractivity contribution in [2.45, 2.75) is 6.18 Å². The van der Waals surface area contributed by atoms with E-state index in [0.29, 0.717) is 5.65 Å². The van der Waals surface area contributed by atoms with E-state index in [2.05, 4.69) is 4.98 Å². The van der Waals surface area contributed by atoms with Gasteiger partial charge in [-0.15, -0.1) is 0 Å². The Hall–Kier alpha value is -1.23. The molecule has 0 atom stereocenters. The fraction of sp³-hybridized carbons (Fsp3) is 0.125. The van der Waals surface area contributed by atoms with E-state index in [4.69, 9.17) is 11.6 Å². The lowest BCUT2D eigenvalue weighted by atomic mass is 10.3. The van der Waals surface area contributed by atoms with E-state index in [-0.39, 0.29) is 5.02 Å². The summed E-state index contributed by atoms with van der Waals surface area (Å²) in [6.07, 6.45) is -0.631. The quantitative estimate of drug-likeness (QED) is 0.667. The van der Waals surface area contributed by atoms with E-state index in [1.165, 1.54) is 16.8 Å². The summed E-state index contributed by atoms with van der Waals surface area (Å²) in [7, 11) is 0. The Balaban J connectivity index is 2.70. The van der Waals surface area contributed by atoms with Crippen LogP contribution < -0.4 is 0 Å². The molecule has 0 aliphatic rings. The predicted molar refractivity (Wildman–Crippen MR) is 45.2 cm³/mol. The Morgan fingerprint density at radius 1 is 1.36 bits per heavy atom. The topological polar surface area (TPSA) is 17.3 Å². The number of hydrogen-bond acceptors (Lipinski definition) is 1. The van der Waals surface area contributed by atoms with E-state index < -0.39 is 11.7 Å². The van der Waals surface area contributed by atoms with E-state index >= 15 is 0 Å². The van der Waals surface area contributed by atoms with Crippen molar-refractivity contribution < 1.29 is 13.2 Å². The van der Waals surface area contributed by atoms with Crippen LogP contribution in [0.15, 0.2) is 24.7 Å². The van der Waals surface area contributed by atoms with Crippen LogP contribution in [0, 0.1) is 0 Å². The molecule has 2 heterocycles. The van der Waals surface area contributed by atoms with Crippen LogP contribution in [0.5, 0.6) is 0 Å². The van der Waals surface area contributed by atoms with Gasteiger partial charge in [0.1, 0.15) is 0 Å². The molecule has 6 heteroatoms. The molecule has 0 aliphatic heterocycles. The maximum Gasteiger partial charge on any atom is 0.417 e. The highest BCUT2D eigenvalue weighted by molar-refractivity contribution is 6.33. The summed E-state index contributed by atoms with van der Waals surface area (Å²) in [6, 6.07) is 0.865. The summed E-state index contributed by atoms with van der Waals surface area (Å²) in [5.74, 6) is 0. The van der Waals surface area contributed by atoms with E-state index in [1.54, 1.807) is 0 Å². The van der Waals surface area contributed by atoms with Gasteiger partial charge in [-0.25, -0.2) is 4.98 Å². The van der Waals surface area contributed by atoms with Crippen molar-refractivity contribution in [1.82, 2.24) is 9.38 Å². The average molecular weight is 221 g/mol. The maximum absolute atomic E-state index is 12.3. The summed E-state index contributed by atoms with van der Waals surface area (Å²) in [4.78, 5) is 3.81. The first-order chi connectivity index (χ1) is 6.48. The number of halogens is 4. The average Bonchev–Trinajstić information content (AvgIpc) is 2.50. The van der Waals surface area contributed by atoms with Crippen LogP contribution >= 0.6 is 11.6 Å². The second-order valence-corrected chi connectivity index (χ2v) is 3.14. The molecule has 2 aromatic heterocycles. The number of rotatable bonds is 0. The van der Waals surface area contributed by atoms with Gasteiger partial charge in [0, 0.05) is 18.6 Å². The van der Waals surface area contributed by atoms with Gasteiger partial charge in [0.05, 0.1) is 10.6 Å². The van der Waals surface area contributed by atoms with Gasteiger partial charge in [-0.3, -0.25) is 0 Å². The molecule has 0 bridgehead atoms. The van der Waals surface area contributed by atoms with Gasteiger partial charge in [0.25, 0.3) is 0 Å². The third-order valence-electron chi connectivity index (χ3n) is 1.77. The lowest BCUT2D eigenvalue weighted by Gasteiger charge is -2.07. The minimum Gasteiger partial charge on any atom is -0.305 e. The second kappa shape index (κ2) is 2.88. The molecular weight excluding hydrogens is 217 g/mol. The lowest BCUT2D eigenvalue weighted by Crippen LogP contribution is -2.06. The van der Waals surface area contributed by atoms with Gasteiger partial charge in [0.2, 0.25) is 0 Å². The number of aromatic nitrogens is 2. The zero-order valence-corrected chi connectivity index (χ0v) is 7.47. The molecule has 0 radical (unpaired) electrons. The van der Waals surface area contributed by atoms with Crippen molar-refractivity contribution in [3.63, 3.8) is 0 Å². The minimum atomic E-state index is -4.39. The van der Waals surface area contributed by atoms with Crippen molar-refractivity contribution in [2.24, 2.45) is 0 Å². The second-order valence-electron chi connectivity index (χ2n) is 2.73. The smallest absolute Gasteiger partial charge is 0.305 e. The number of imidazole rings is 1. The number of nitrogens with zero attached hydrogens (tertiary/aromatic N) is 2. The molecule has 0 unspecified atom stereocenters. The Bertz CT molecular complexity index is 475. The largest absolute Gasteiger partial charge is 0.417 e. The van der Waals surface area contributed by atoms with E-state index in [0.717, 1.165) is 12.3 Å². The molecule has 0 saturated carbocycles. The first kappa shape index (κ1) is 9.33. The molecule has 2 nitrogen and oxygen atoms in total. The van der Waals surface area contributed by atoms with Gasteiger partial charge in [-0.1, -0.05) is 11.6 Å². The Labute approximate surface area is 81.9 Å². The Morgan fingerprint density at radius 2 is 2.07 bits per heavy atom.